The van der Waals surface area contributed by atoms with Crippen LogP contribution in [0.4, 0.5) is 4.39 Å². The van der Waals surface area contributed by atoms with Crippen molar-refractivity contribution in [1.29, 1.82) is 0 Å². The van der Waals surface area contributed by atoms with E-state index in [0.717, 1.165) is 0 Å². The Morgan fingerprint density at radius 1 is 1.38 bits per heavy atom. The number of rotatable bonds is 5. The summed E-state index contributed by atoms with van der Waals surface area (Å²) in [5.41, 5.74) is -0.406. The molecule has 4 heteroatoms. The summed E-state index contributed by atoms with van der Waals surface area (Å²) in [5, 5.41) is 0. The van der Waals surface area contributed by atoms with Gasteiger partial charge in [0.05, 0.1) is 7.11 Å². The topological polar surface area (TPSA) is 35.5 Å². The summed E-state index contributed by atoms with van der Waals surface area (Å²) in [5.74, 6) is -0.518. The molecule has 88 valence electrons. The van der Waals surface area contributed by atoms with Crippen LogP contribution in [0, 0.1) is 0 Å². The molecule has 0 bridgehead atoms. The number of carbonyl (C=O) groups is 1. The van der Waals surface area contributed by atoms with Crippen molar-refractivity contribution in [3.05, 3.63) is 35.9 Å². The quantitative estimate of drug-likeness (QED) is 0.721. The average Bonchev–Trinajstić information content (AvgIpc) is 2.36. The molecule has 0 amide bonds. The lowest BCUT2D eigenvalue weighted by molar-refractivity contribution is -0.154. The minimum atomic E-state index is -1.10. The molecule has 0 aliphatic heterocycles. The van der Waals surface area contributed by atoms with Crippen LogP contribution in [0.3, 0.4) is 0 Å². The van der Waals surface area contributed by atoms with Gasteiger partial charge >= 0.3 is 5.97 Å². The first-order valence-electron chi connectivity index (χ1n) is 4.94. The molecule has 3 nitrogen and oxygen atoms in total. The van der Waals surface area contributed by atoms with Crippen LogP contribution in [0.1, 0.15) is 12.5 Å². The molecule has 0 aliphatic rings. The van der Waals surface area contributed by atoms with E-state index < -0.39 is 18.2 Å². The van der Waals surface area contributed by atoms with Crippen LogP contribution in [0.2, 0.25) is 0 Å². The summed E-state index contributed by atoms with van der Waals surface area (Å²) in [6.07, 6.45) is 0. The van der Waals surface area contributed by atoms with Crippen molar-refractivity contribution in [2.75, 3.05) is 20.4 Å². The third kappa shape index (κ3) is 3.03. The number of esters is 1. The van der Waals surface area contributed by atoms with E-state index in [2.05, 4.69) is 4.74 Å². The fourth-order valence-corrected chi connectivity index (χ4v) is 1.27. The first kappa shape index (κ1) is 12.6. The van der Waals surface area contributed by atoms with Crippen molar-refractivity contribution < 1.29 is 18.7 Å². The number of halogens is 1. The van der Waals surface area contributed by atoms with Crippen LogP contribution >= 0.6 is 0 Å². The summed E-state index contributed by atoms with van der Waals surface area (Å²) in [6.45, 7) is 0.644. The molecule has 1 rings (SSSR count). The average molecular weight is 226 g/mol. The molecular formula is C12H15FO3. The van der Waals surface area contributed by atoms with E-state index in [-0.39, 0.29) is 6.61 Å². The second-order valence-corrected chi connectivity index (χ2v) is 3.60. The van der Waals surface area contributed by atoms with E-state index in [1.807, 2.05) is 6.07 Å². The Hall–Kier alpha value is -1.42. The van der Waals surface area contributed by atoms with Crippen LogP contribution in [0.5, 0.6) is 0 Å². The van der Waals surface area contributed by atoms with Crippen molar-refractivity contribution in [2.45, 2.75) is 12.5 Å². The van der Waals surface area contributed by atoms with E-state index in [1.165, 1.54) is 7.11 Å². The van der Waals surface area contributed by atoms with Crippen molar-refractivity contribution in [3.8, 4) is 0 Å². The Morgan fingerprint density at radius 2 is 2.00 bits per heavy atom. The molecule has 0 heterocycles. The van der Waals surface area contributed by atoms with E-state index in [0.29, 0.717) is 5.56 Å². The van der Waals surface area contributed by atoms with Crippen molar-refractivity contribution in [1.82, 2.24) is 0 Å². The van der Waals surface area contributed by atoms with E-state index >= 15 is 0 Å². The van der Waals surface area contributed by atoms with Gasteiger partial charge in [-0.1, -0.05) is 30.3 Å². The molecule has 1 aromatic carbocycles. The molecule has 1 aromatic rings. The van der Waals surface area contributed by atoms with Crippen LogP contribution < -0.4 is 0 Å². The van der Waals surface area contributed by atoms with Crippen LogP contribution in [-0.2, 0) is 19.9 Å². The summed E-state index contributed by atoms with van der Waals surface area (Å²) >= 11 is 0. The van der Waals surface area contributed by atoms with Gasteiger partial charge in [-0.05, 0) is 12.5 Å². The summed E-state index contributed by atoms with van der Waals surface area (Å²) in [7, 11) is 1.26. The molecule has 1 atom stereocenters. The first-order valence-corrected chi connectivity index (χ1v) is 4.94. The maximum Gasteiger partial charge on any atom is 0.331 e. The van der Waals surface area contributed by atoms with Crippen LogP contribution in [-0.4, -0.2) is 26.4 Å². The minimum absolute atomic E-state index is 0.258. The van der Waals surface area contributed by atoms with Crippen LogP contribution in [0.25, 0.3) is 0 Å². The van der Waals surface area contributed by atoms with Gasteiger partial charge in [-0.2, -0.15) is 0 Å². The zero-order chi connectivity index (χ0) is 12.0. The lowest BCUT2D eigenvalue weighted by atomic mass is 9.97. The second-order valence-electron chi connectivity index (χ2n) is 3.60. The number of hydrogen-bond acceptors (Lipinski definition) is 3. The van der Waals surface area contributed by atoms with Gasteiger partial charge in [0.1, 0.15) is 18.9 Å². The largest absolute Gasteiger partial charge is 0.467 e. The van der Waals surface area contributed by atoms with Gasteiger partial charge in [-0.15, -0.1) is 0 Å². The van der Waals surface area contributed by atoms with Gasteiger partial charge in [0.25, 0.3) is 0 Å². The number of methoxy groups -OCH3 is 1. The Morgan fingerprint density at radius 3 is 2.50 bits per heavy atom. The number of hydrogen-bond donors (Lipinski definition) is 0. The Labute approximate surface area is 94.2 Å². The van der Waals surface area contributed by atoms with Crippen molar-refractivity contribution in [2.24, 2.45) is 0 Å². The SMILES string of the molecule is COC(=O)CO[C@](C)(CF)c1ccccc1. The Bertz CT molecular complexity index is 339. The number of carbonyl (C=O) groups excluding carboxylic acids is 1. The maximum atomic E-state index is 13.0. The lowest BCUT2D eigenvalue weighted by Crippen LogP contribution is -2.31. The Kier molecular flexibility index (Phi) is 4.43. The van der Waals surface area contributed by atoms with Gasteiger partial charge in [0.15, 0.2) is 0 Å². The molecule has 0 radical (unpaired) electrons. The molecule has 0 spiro atoms. The second kappa shape index (κ2) is 5.61. The van der Waals surface area contributed by atoms with E-state index in [9.17, 15) is 9.18 Å². The number of alkyl halides is 1. The predicted molar refractivity (Wildman–Crippen MR) is 57.7 cm³/mol. The maximum absolute atomic E-state index is 13.0. The molecule has 0 aliphatic carbocycles. The molecular weight excluding hydrogens is 211 g/mol. The summed E-state index contributed by atoms with van der Waals surface area (Å²) in [4.78, 5) is 10.9. The van der Waals surface area contributed by atoms with E-state index in [4.69, 9.17) is 4.74 Å². The molecule has 0 saturated carbocycles. The highest BCUT2D eigenvalue weighted by molar-refractivity contribution is 5.70. The monoisotopic (exact) mass is 226 g/mol. The molecule has 0 unspecified atom stereocenters. The number of benzene rings is 1. The summed E-state index contributed by atoms with van der Waals surface area (Å²) in [6, 6.07) is 8.95. The molecule has 0 aromatic heterocycles. The predicted octanol–water partition coefficient (Wildman–Crippen LogP) is 2.06. The van der Waals surface area contributed by atoms with E-state index in [1.54, 1.807) is 31.2 Å². The highest BCUT2D eigenvalue weighted by atomic mass is 19.1. The Balaban J connectivity index is 2.74. The van der Waals surface area contributed by atoms with Gasteiger partial charge in [0.2, 0.25) is 0 Å². The van der Waals surface area contributed by atoms with Gasteiger partial charge in [-0.25, -0.2) is 9.18 Å². The molecule has 0 fully saturated rings. The highest BCUT2D eigenvalue weighted by Crippen LogP contribution is 2.25. The highest BCUT2D eigenvalue weighted by Gasteiger charge is 2.28. The minimum Gasteiger partial charge on any atom is -0.467 e. The number of ether oxygens (including phenoxy) is 2. The zero-order valence-electron chi connectivity index (χ0n) is 9.40. The molecule has 0 saturated heterocycles. The lowest BCUT2D eigenvalue weighted by Gasteiger charge is -2.26. The summed E-state index contributed by atoms with van der Waals surface area (Å²) < 4.78 is 22.7. The standard InChI is InChI=1S/C12H15FO3/c1-12(9-13,16-8-11(14)15-2)10-6-4-3-5-7-10/h3-7H,8-9H2,1-2H3/t12-/m1/s1. The fourth-order valence-electron chi connectivity index (χ4n) is 1.27. The molecule has 16 heavy (non-hydrogen) atoms. The third-order valence-corrected chi connectivity index (χ3v) is 2.38. The zero-order valence-corrected chi connectivity index (χ0v) is 9.40. The normalized spacial score (nSPS) is 14.2. The van der Waals surface area contributed by atoms with Gasteiger partial charge < -0.3 is 9.47 Å². The van der Waals surface area contributed by atoms with Gasteiger partial charge in [0, 0.05) is 0 Å². The third-order valence-electron chi connectivity index (χ3n) is 2.38. The first-order chi connectivity index (χ1) is 7.62. The van der Waals surface area contributed by atoms with Crippen molar-refractivity contribution in [3.63, 3.8) is 0 Å². The smallest absolute Gasteiger partial charge is 0.331 e. The fraction of sp³-hybridized carbons (Fsp3) is 0.417. The van der Waals surface area contributed by atoms with Gasteiger partial charge in [-0.3, -0.25) is 0 Å². The van der Waals surface area contributed by atoms with Crippen LogP contribution in [0.15, 0.2) is 30.3 Å². The van der Waals surface area contributed by atoms with Crippen molar-refractivity contribution >= 4 is 5.97 Å². The molecule has 0 N–H and O–H groups in total.